The Kier molecular flexibility index (Phi) is 3.58. The molecule has 0 aliphatic carbocycles. The van der Waals surface area contributed by atoms with Crippen LogP contribution in [-0.4, -0.2) is 21.0 Å². The Balaban J connectivity index is 2.73. The maximum atomic E-state index is 11.3. The van der Waals surface area contributed by atoms with Crippen molar-refractivity contribution in [1.29, 1.82) is 0 Å². The number of hydrogen-bond acceptors (Lipinski definition) is 3. The zero-order chi connectivity index (χ0) is 13.3. The van der Waals surface area contributed by atoms with E-state index in [4.69, 9.17) is 12.2 Å². The van der Waals surface area contributed by atoms with Crippen LogP contribution in [0.1, 0.15) is 16.1 Å². The summed E-state index contributed by atoms with van der Waals surface area (Å²) in [6, 6.07) is 7.26. The second kappa shape index (κ2) is 4.99. The molecule has 92 valence electrons. The Hall–Kier alpha value is -1.53. The van der Waals surface area contributed by atoms with E-state index in [9.17, 15) is 9.90 Å². The summed E-state index contributed by atoms with van der Waals surface area (Å²) in [4.78, 5) is 18.2. The number of rotatable bonds is 2. The van der Waals surface area contributed by atoms with Crippen molar-refractivity contribution in [1.82, 2.24) is 9.97 Å². The summed E-state index contributed by atoms with van der Waals surface area (Å²) < 4.78 is 1.19. The summed E-state index contributed by atoms with van der Waals surface area (Å²) >= 11 is 8.32. The Bertz CT molecular complexity index is 665. The molecular formula is C12H9BrN2O2S. The molecule has 0 bridgehead atoms. The molecule has 18 heavy (non-hydrogen) atoms. The fourth-order valence-corrected chi connectivity index (χ4v) is 2.17. The van der Waals surface area contributed by atoms with Crippen LogP contribution in [0.3, 0.4) is 0 Å². The van der Waals surface area contributed by atoms with E-state index in [1.165, 1.54) is 0 Å². The van der Waals surface area contributed by atoms with Gasteiger partial charge in [0.25, 0.3) is 0 Å². The van der Waals surface area contributed by atoms with E-state index in [0.717, 1.165) is 10.0 Å². The Morgan fingerprint density at radius 1 is 1.39 bits per heavy atom. The van der Waals surface area contributed by atoms with Gasteiger partial charge in [0.05, 0.1) is 5.69 Å². The van der Waals surface area contributed by atoms with Crippen LogP contribution in [0.15, 0.2) is 28.7 Å². The first kappa shape index (κ1) is 12.9. The van der Waals surface area contributed by atoms with E-state index >= 15 is 0 Å². The van der Waals surface area contributed by atoms with Crippen LogP contribution >= 0.6 is 28.1 Å². The predicted octanol–water partition coefficient (Wildman–Crippen LogP) is 3.58. The first-order chi connectivity index (χ1) is 8.49. The first-order valence-corrected chi connectivity index (χ1v) is 6.29. The number of aromatic nitrogens is 2. The van der Waals surface area contributed by atoms with Crippen LogP contribution in [0.5, 0.6) is 0 Å². The molecule has 1 aromatic heterocycles. The number of aromatic carboxylic acids is 1. The average Bonchev–Trinajstić information content (AvgIpc) is 2.28. The lowest BCUT2D eigenvalue weighted by atomic mass is 10.1. The van der Waals surface area contributed by atoms with E-state index < -0.39 is 5.97 Å². The molecule has 0 spiro atoms. The molecule has 2 rings (SSSR count). The number of aromatic amines is 1. The number of H-pyrrole nitrogens is 1. The second-order valence-electron chi connectivity index (χ2n) is 3.70. The van der Waals surface area contributed by atoms with Crippen molar-refractivity contribution in [2.24, 2.45) is 0 Å². The molecule has 0 unspecified atom stereocenters. The molecule has 0 atom stereocenters. The van der Waals surface area contributed by atoms with Crippen LogP contribution in [0, 0.1) is 11.7 Å². The fourth-order valence-electron chi connectivity index (χ4n) is 1.66. The summed E-state index contributed by atoms with van der Waals surface area (Å²) in [5.41, 5.74) is 1.75. The smallest absolute Gasteiger partial charge is 0.339 e. The summed E-state index contributed by atoms with van der Waals surface area (Å²) in [6.45, 7) is 1.67. The molecule has 1 aromatic carbocycles. The van der Waals surface area contributed by atoms with E-state index in [0.29, 0.717) is 11.4 Å². The number of benzene rings is 1. The summed E-state index contributed by atoms with van der Waals surface area (Å²) in [7, 11) is 0. The van der Waals surface area contributed by atoms with E-state index in [-0.39, 0.29) is 10.3 Å². The third kappa shape index (κ3) is 2.49. The van der Waals surface area contributed by atoms with Crippen molar-refractivity contribution < 1.29 is 9.90 Å². The van der Waals surface area contributed by atoms with Gasteiger partial charge < -0.3 is 10.1 Å². The van der Waals surface area contributed by atoms with Gasteiger partial charge in [-0.15, -0.1) is 0 Å². The maximum Gasteiger partial charge on any atom is 0.339 e. The van der Waals surface area contributed by atoms with Crippen LogP contribution in [0.25, 0.3) is 11.3 Å². The van der Waals surface area contributed by atoms with Crippen LogP contribution < -0.4 is 0 Å². The summed E-state index contributed by atoms with van der Waals surface area (Å²) in [5, 5.41) is 9.25. The molecule has 6 heteroatoms. The number of hydrogen-bond donors (Lipinski definition) is 2. The minimum atomic E-state index is -1.02. The SMILES string of the molecule is Cc1[nH]c(=S)nc(-c2ccc(Br)cc2)c1C(=O)O. The van der Waals surface area contributed by atoms with Gasteiger partial charge in [-0.3, -0.25) is 0 Å². The third-order valence-corrected chi connectivity index (χ3v) is 3.17. The standard InChI is InChI=1S/C12H9BrN2O2S/c1-6-9(11(16)17)10(15-12(18)14-6)7-2-4-8(13)5-3-7/h2-5H,1H3,(H,16,17)(H,14,15,18). The zero-order valence-corrected chi connectivity index (χ0v) is 11.8. The highest BCUT2D eigenvalue weighted by Crippen LogP contribution is 2.24. The largest absolute Gasteiger partial charge is 0.478 e. The van der Waals surface area contributed by atoms with Crippen molar-refractivity contribution in [3.8, 4) is 11.3 Å². The van der Waals surface area contributed by atoms with Crippen molar-refractivity contribution in [3.05, 3.63) is 44.8 Å². The van der Waals surface area contributed by atoms with E-state index in [1.54, 1.807) is 19.1 Å². The van der Waals surface area contributed by atoms with Gasteiger partial charge in [0.1, 0.15) is 5.56 Å². The van der Waals surface area contributed by atoms with Gasteiger partial charge in [-0.1, -0.05) is 28.1 Å². The molecule has 1 heterocycles. The van der Waals surface area contributed by atoms with Gasteiger partial charge in [-0.2, -0.15) is 0 Å². The van der Waals surface area contributed by atoms with Crippen molar-refractivity contribution in [2.75, 3.05) is 0 Å². The molecule has 2 aromatic rings. The molecule has 0 fully saturated rings. The molecule has 0 aliphatic rings. The molecule has 0 radical (unpaired) electrons. The molecule has 0 saturated carbocycles. The van der Waals surface area contributed by atoms with Crippen molar-refractivity contribution in [3.63, 3.8) is 0 Å². The Morgan fingerprint density at radius 2 is 2.00 bits per heavy atom. The monoisotopic (exact) mass is 324 g/mol. The van der Waals surface area contributed by atoms with E-state index in [1.807, 2.05) is 12.1 Å². The first-order valence-electron chi connectivity index (χ1n) is 5.09. The third-order valence-electron chi connectivity index (χ3n) is 2.45. The van der Waals surface area contributed by atoms with Gasteiger partial charge in [0, 0.05) is 15.7 Å². The normalized spacial score (nSPS) is 10.3. The van der Waals surface area contributed by atoms with Gasteiger partial charge in [0.15, 0.2) is 4.77 Å². The van der Waals surface area contributed by atoms with Gasteiger partial charge in [-0.05, 0) is 31.3 Å². The minimum absolute atomic E-state index is 0.144. The number of aryl methyl sites for hydroxylation is 1. The molecule has 0 amide bonds. The molecule has 2 N–H and O–H groups in total. The predicted molar refractivity (Wildman–Crippen MR) is 74.3 cm³/mol. The number of nitrogens with one attached hydrogen (secondary N) is 1. The quantitative estimate of drug-likeness (QED) is 0.829. The molecular weight excluding hydrogens is 316 g/mol. The number of nitrogens with zero attached hydrogens (tertiary/aromatic N) is 1. The lowest BCUT2D eigenvalue weighted by Crippen LogP contribution is -2.07. The number of carboxylic acid groups (broad SMARTS) is 1. The van der Waals surface area contributed by atoms with Gasteiger partial charge >= 0.3 is 5.97 Å². The van der Waals surface area contributed by atoms with Gasteiger partial charge in [-0.25, -0.2) is 9.78 Å². The molecule has 0 aliphatic heterocycles. The average molecular weight is 325 g/mol. The summed E-state index contributed by atoms with van der Waals surface area (Å²) in [6.07, 6.45) is 0. The molecule has 4 nitrogen and oxygen atoms in total. The second-order valence-corrected chi connectivity index (χ2v) is 5.00. The van der Waals surface area contributed by atoms with Gasteiger partial charge in [0.2, 0.25) is 0 Å². The fraction of sp³-hybridized carbons (Fsp3) is 0.0833. The van der Waals surface area contributed by atoms with Crippen molar-refractivity contribution in [2.45, 2.75) is 6.92 Å². The Morgan fingerprint density at radius 3 is 2.56 bits per heavy atom. The van der Waals surface area contributed by atoms with Crippen LogP contribution in [0.2, 0.25) is 0 Å². The highest BCUT2D eigenvalue weighted by molar-refractivity contribution is 9.10. The van der Waals surface area contributed by atoms with Crippen molar-refractivity contribution >= 4 is 34.1 Å². The van der Waals surface area contributed by atoms with Crippen LogP contribution in [0.4, 0.5) is 0 Å². The Labute approximate surface area is 117 Å². The summed E-state index contributed by atoms with van der Waals surface area (Å²) in [5.74, 6) is -1.02. The highest BCUT2D eigenvalue weighted by atomic mass is 79.9. The zero-order valence-electron chi connectivity index (χ0n) is 9.40. The lowest BCUT2D eigenvalue weighted by molar-refractivity contribution is 0.0696. The lowest BCUT2D eigenvalue weighted by Gasteiger charge is -2.08. The highest BCUT2D eigenvalue weighted by Gasteiger charge is 2.16. The van der Waals surface area contributed by atoms with Crippen LogP contribution in [-0.2, 0) is 0 Å². The maximum absolute atomic E-state index is 11.3. The number of carbonyl (C=O) groups is 1. The number of halogens is 1. The number of carboxylic acids is 1. The topological polar surface area (TPSA) is 66.0 Å². The van der Waals surface area contributed by atoms with E-state index in [2.05, 4.69) is 25.9 Å². The minimum Gasteiger partial charge on any atom is -0.478 e. The molecule has 0 saturated heterocycles.